The Balaban J connectivity index is 2.22. The fourth-order valence-corrected chi connectivity index (χ4v) is 2.04. The highest BCUT2D eigenvalue weighted by atomic mass is 16.2. The van der Waals surface area contributed by atoms with E-state index >= 15 is 0 Å². The standard InChI is InChI=1S/C15H17N3O3/c19-9-2-1-4-12-10-16-7-5-13(12)15(21)18-8-3-6-17-14(20)11-18/h5,7,10,19H,2-3,6,8-9,11H2,(H,17,20). The Labute approximate surface area is 123 Å². The molecule has 6 nitrogen and oxygen atoms in total. The number of aliphatic hydroxyl groups excluding tert-OH is 1. The van der Waals surface area contributed by atoms with E-state index in [2.05, 4.69) is 22.1 Å². The SMILES string of the molecule is O=C1CN(C(=O)c2ccncc2C#CCCO)CCCN1. The van der Waals surface area contributed by atoms with Gasteiger partial charge in [0.15, 0.2) is 0 Å². The van der Waals surface area contributed by atoms with Crippen LogP contribution >= 0.6 is 0 Å². The van der Waals surface area contributed by atoms with E-state index in [0.717, 1.165) is 6.42 Å². The van der Waals surface area contributed by atoms with Gasteiger partial charge in [-0.2, -0.15) is 0 Å². The van der Waals surface area contributed by atoms with E-state index in [4.69, 9.17) is 5.11 Å². The van der Waals surface area contributed by atoms with Crippen molar-refractivity contribution in [2.24, 2.45) is 0 Å². The van der Waals surface area contributed by atoms with Crippen LogP contribution in [-0.4, -0.2) is 53.0 Å². The van der Waals surface area contributed by atoms with Crippen LogP contribution in [0.1, 0.15) is 28.8 Å². The fourth-order valence-electron chi connectivity index (χ4n) is 2.04. The topological polar surface area (TPSA) is 82.5 Å². The maximum atomic E-state index is 12.6. The van der Waals surface area contributed by atoms with Crippen LogP contribution in [0.25, 0.3) is 0 Å². The van der Waals surface area contributed by atoms with Crippen LogP contribution in [0.4, 0.5) is 0 Å². The average molecular weight is 287 g/mol. The highest BCUT2D eigenvalue weighted by molar-refractivity contribution is 5.98. The van der Waals surface area contributed by atoms with E-state index < -0.39 is 0 Å². The van der Waals surface area contributed by atoms with Crippen molar-refractivity contribution in [2.75, 3.05) is 26.2 Å². The second kappa shape index (κ2) is 7.41. The molecule has 0 unspecified atom stereocenters. The summed E-state index contributed by atoms with van der Waals surface area (Å²) in [5.41, 5.74) is 0.950. The monoisotopic (exact) mass is 287 g/mol. The minimum absolute atomic E-state index is 0.0250. The van der Waals surface area contributed by atoms with Crippen LogP contribution < -0.4 is 5.32 Å². The summed E-state index contributed by atoms with van der Waals surface area (Å²) in [5, 5.41) is 11.5. The van der Waals surface area contributed by atoms with Gasteiger partial charge < -0.3 is 15.3 Å². The van der Waals surface area contributed by atoms with Crippen molar-refractivity contribution in [3.8, 4) is 11.8 Å². The van der Waals surface area contributed by atoms with Gasteiger partial charge in [-0.3, -0.25) is 14.6 Å². The molecule has 1 saturated heterocycles. The van der Waals surface area contributed by atoms with Crippen molar-refractivity contribution in [3.63, 3.8) is 0 Å². The van der Waals surface area contributed by atoms with Crippen molar-refractivity contribution in [2.45, 2.75) is 12.8 Å². The Bertz CT molecular complexity index is 589. The molecule has 0 aliphatic carbocycles. The lowest BCUT2D eigenvalue weighted by Gasteiger charge is -2.19. The summed E-state index contributed by atoms with van der Waals surface area (Å²) in [4.78, 5) is 29.6. The minimum Gasteiger partial charge on any atom is -0.395 e. The molecule has 2 rings (SSSR count). The molecule has 2 N–H and O–H groups in total. The summed E-state index contributed by atoms with van der Waals surface area (Å²) >= 11 is 0. The highest BCUT2D eigenvalue weighted by Gasteiger charge is 2.22. The zero-order chi connectivity index (χ0) is 15.1. The first-order chi connectivity index (χ1) is 10.2. The summed E-state index contributed by atoms with van der Waals surface area (Å²) in [6.45, 7) is 1.15. The normalized spacial score (nSPS) is 14.7. The molecule has 2 amide bonds. The Morgan fingerprint density at radius 1 is 1.52 bits per heavy atom. The third kappa shape index (κ3) is 4.04. The van der Waals surface area contributed by atoms with E-state index in [1.165, 1.54) is 17.3 Å². The molecule has 1 fully saturated rings. The minimum atomic E-state index is -0.220. The Morgan fingerprint density at radius 3 is 3.19 bits per heavy atom. The molecule has 2 heterocycles. The molecule has 0 atom stereocenters. The van der Waals surface area contributed by atoms with Gasteiger partial charge in [0.2, 0.25) is 5.91 Å². The predicted octanol–water partition coefficient (Wildman–Crippen LogP) is -0.222. The number of rotatable bonds is 2. The van der Waals surface area contributed by atoms with E-state index in [-0.39, 0.29) is 25.0 Å². The third-order valence-corrected chi connectivity index (χ3v) is 3.06. The number of nitrogens with one attached hydrogen (secondary N) is 1. The average Bonchev–Trinajstić information content (AvgIpc) is 2.72. The Hall–Kier alpha value is -2.39. The van der Waals surface area contributed by atoms with Crippen LogP contribution in [-0.2, 0) is 4.79 Å². The molecule has 1 aliphatic rings. The largest absolute Gasteiger partial charge is 0.395 e. The highest BCUT2D eigenvalue weighted by Crippen LogP contribution is 2.11. The van der Waals surface area contributed by atoms with E-state index in [1.807, 2.05) is 0 Å². The summed E-state index contributed by atoms with van der Waals surface area (Å²) in [6, 6.07) is 1.61. The Kier molecular flexibility index (Phi) is 5.29. The molecular weight excluding hydrogens is 270 g/mol. The van der Waals surface area contributed by atoms with Gasteiger partial charge >= 0.3 is 0 Å². The first-order valence-electron chi connectivity index (χ1n) is 6.82. The summed E-state index contributed by atoms with van der Waals surface area (Å²) in [7, 11) is 0. The second-order valence-electron chi connectivity index (χ2n) is 4.63. The molecule has 0 spiro atoms. The number of pyridine rings is 1. The van der Waals surface area contributed by atoms with Gasteiger partial charge in [-0.1, -0.05) is 11.8 Å². The van der Waals surface area contributed by atoms with Crippen LogP contribution in [0.3, 0.4) is 0 Å². The van der Waals surface area contributed by atoms with Crippen molar-refractivity contribution >= 4 is 11.8 Å². The smallest absolute Gasteiger partial charge is 0.255 e. The Morgan fingerprint density at radius 2 is 2.38 bits per heavy atom. The van der Waals surface area contributed by atoms with Gasteiger partial charge in [0, 0.05) is 31.9 Å². The van der Waals surface area contributed by atoms with Crippen LogP contribution in [0, 0.1) is 11.8 Å². The van der Waals surface area contributed by atoms with Gasteiger partial charge in [-0.25, -0.2) is 0 Å². The number of carbonyl (C=O) groups is 2. The van der Waals surface area contributed by atoms with Crippen LogP contribution in [0.15, 0.2) is 18.5 Å². The molecule has 0 radical (unpaired) electrons. The molecule has 1 aliphatic heterocycles. The van der Waals surface area contributed by atoms with Gasteiger partial charge in [0.05, 0.1) is 24.3 Å². The van der Waals surface area contributed by atoms with Crippen LogP contribution in [0.2, 0.25) is 0 Å². The van der Waals surface area contributed by atoms with Crippen molar-refractivity contribution in [3.05, 3.63) is 29.6 Å². The lowest BCUT2D eigenvalue weighted by molar-refractivity contribution is -0.121. The van der Waals surface area contributed by atoms with E-state index in [9.17, 15) is 9.59 Å². The molecule has 1 aromatic heterocycles. The van der Waals surface area contributed by atoms with Crippen molar-refractivity contribution in [1.82, 2.24) is 15.2 Å². The summed E-state index contributed by atoms with van der Waals surface area (Å²) in [5.74, 6) is 5.25. The van der Waals surface area contributed by atoms with Crippen LogP contribution in [0.5, 0.6) is 0 Å². The fraction of sp³-hybridized carbons (Fsp3) is 0.400. The van der Waals surface area contributed by atoms with E-state index in [1.54, 1.807) is 6.07 Å². The molecule has 21 heavy (non-hydrogen) atoms. The molecule has 0 saturated carbocycles. The zero-order valence-electron chi connectivity index (χ0n) is 11.6. The summed E-state index contributed by atoms with van der Waals surface area (Å²) in [6.07, 6.45) is 4.13. The predicted molar refractivity (Wildman–Crippen MR) is 76.3 cm³/mol. The quantitative estimate of drug-likeness (QED) is 0.737. The molecule has 0 aromatic carbocycles. The number of nitrogens with zero attached hydrogens (tertiary/aromatic N) is 2. The molecule has 6 heteroatoms. The second-order valence-corrected chi connectivity index (χ2v) is 4.63. The molecule has 0 bridgehead atoms. The number of amides is 2. The maximum Gasteiger partial charge on any atom is 0.255 e. The molecular formula is C15H17N3O3. The van der Waals surface area contributed by atoms with Gasteiger partial charge in [0.1, 0.15) is 0 Å². The number of hydrogen-bond donors (Lipinski definition) is 2. The molecule has 110 valence electrons. The first-order valence-corrected chi connectivity index (χ1v) is 6.82. The van der Waals surface area contributed by atoms with Crippen molar-refractivity contribution < 1.29 is 14.7 Å². The lowest BCUT2D eigenvalue weighted by atomic mass is 10.1. The van der Waals surface area contributed by atoms with Crippen molar-refractivity contribution in [1.29, 1.82) is 0 Å². The first kappa shape index (κ1) is 15.0. The third-order valence-electron chi connectivity index (χ3n) is 3.06. The number of aromatic nitrogens is 1. The maximum absolute atomic E-state index is 12.6. The number of carbonyl (C=O) groups excluding carboxylic acids is 2. The lowest BCUT2D eigenvalue weighted by Crippen LogP contribution is -2.37. The molecule has 1 aromatic rings. The van der Waals surface area contributed by atoms with Gasteiger partial charge in [-0.05, 0) is 12.5 Å². The number of aliphatic hydroxyl groups is 1. The zero-order valence-corrected chi connectivity index (χ0v) is 11.6. The van der Waals surface area contributed by atoms with Gasteiger partial charge in [0.25, 0.3) is 5.91 Å². The number of hydrogen-bond acceptors (Lipinski definition) is 4. The summed E-state index contributed by atoms with van der Waals surface area (Å²) < 4.78 is 0. The van der Waals surface area contributed by atoms with Gasteiger partial charge in [-0.15, -0.1) is 0 Å². The van der Waals surface area contributed by atoms with E-state index in [0.29, 0.717) is 30.6 Å².